The second-order valence-corrected chi connectivity index (χ2v) is 7.29. The van der Waals surface area contributed by atoms with E-state index in [0.29, 0.717) is 0 Å². The van der Waals surface area contributed by atoms with Crippen molar-refractivity contribution in [3.05, 3.63) is 146 Å². The second-order valence-electron chi connectivity index (χ2n) is 7.29. The van der Waals surface area contributed by atoms with Crippen LogP contribution in [-0.4, -0.2) is 29.9 Å². The van der Waals surface area contributed by atoms with Crippen LogP contribution in [0.25, 0.3) is 34.2 Å². The van der Waals surface area contributed by atoms with Gasteiger partial charge in [0, 0.05) is 58.9 Å². The predicted octanol–water partition coefficient (Wildman–Crippen LogP) is 6.43. The van der Waals surface area contributed by atoms with Gasteiger partial charge < -0.3 is 0 Å². The maximum atomic E-state index is 4.19. The molecule has 0 atom stereocenters. The molecule has 178 valence electrons. The minimum atomic E-state index is 0. The Hall–Kier alpha value is -4.39. The largest absolute Gasteiger partial charge is 0.255 e. The molecule has 0 radical (unpaired) electrons. The van der Waals surface area contributed by atoms with Gasteiger partial charge in [-0.15, -0.1) is 0 Å². The van der Waals surface area contributed by atoms with E-state index in [1.165, 1.54) is 0 Å². The Labute approximate surface area is 231 Å². The molecule has 7 heteroatoms. The maximum absolute atomic E-state index is 4.19. The molecular formula is C30H24N6Ti. The van der Waals surface area contributed by atoms with E-state index in [0.717, 1.165) is 34.2 Å². The summed E-state index contributed by atoms with van der Waals surface area (Å²) in [7, 11) is 0. The van der Waals surface area contributed by atoms with Crippen molar-refractivity contribution in [3.63, 3.8) is 0 Å². The third-order valence-corrected chi connectivity index (χ3v) is 4.78. The molecule has 0 aromatic carbocycles. The fourth-order valence-corrected chi connectivity index (χ4v) is 3.09. The van der Waals surface area contributed by atoms with Gasteiger partial charge >= 0.3 is 0 Å². The van der Waals surface area contributed by atoms with Crippen LogP contribution in [0.15, 0.2) is 146 Å². The minimum Gasteiger partial charge on any atom is -0.255 e. The van der Waals surface area contributed by atoms with Gasteiger partial charge in [0.15, 0.2) is 0 Å². The second kappa shape index (κ2) is 15.6. The van der Waals surface area contributed by atoms with Crippen LogP contribution in [0.2, 0.25) is 0 Å². The smallest absolute Gasteiger partial charge is 0.0886 e. The van der Waals surface area contributed by atoms with Crippen molar-refractivity contribution >= 4 is 0 Å². The normalized spacial score (nSPS) is 9.41. The zero-order valence-corrected chi connectivity index (χ0v) is 21.6. The number of pyridine rings is 6. The van der Waals surface area contributed by atoms with Crippen molar-refractivity contribution < 1.29 is 21.7 Å². The molecule has 0 aliphatic rings. The number of rotatable bonds is 3. The molecule has 0 aliphatic carbocycles. The summed E-state index contributed by atoms with van der Waals surface area (Å²) in [6, 6.07) is 34.8. The summed E-state index contributed by atoms with van der Waals surface area (Å²) in [6.07, 6.45) is 10.6. The van der Waals surface area contributed by atoms with Crippen LogP contribution < -0.4 is 0 Å². The van der Waals surface area contributed by atoms with Gasteiger partial charge in [-0.25, -0.2) is 0 Å². The first-order chi connectivity index (χ1) is 17.9. The summed E-state index contributed by atoms with van der Waals surface area (Å²) < 4.78 is 0. The molecule has 0 bridgehead atoms. The molecule has 0 spiro atoms. The van der Waals surface area contributed by atoms with E-state index in [2.05, 4.69) is 29.9 Å². The Bertz CT molecular complexity index is 1100. The quantitative estimate of drug-likeness (QED) is 0.253. The van der Waals surface area contributed by atoms with Crippen LogP contribution >= 0.6 is 0 Å². The summed E-state index contributed by atoms with van der Waals surface area (Å²) in [6.45, 7) is 0. The SMILES string of the molecule is [Ti].c1ccc(-c2ccccn2)nc1.c1ccc(-c2ccccn2)nc1.c1ccc(-c2ccccn2)nc1. The molecule has 0 saturated heterocycles. The summed E-state index contributed by atoms with van der Waals surface area (Å²) in [4.78, 5) is 25.1. The number of hydrogen-bond donors (Lipinski definition) is 0. The van der Waals surface area contributed by atoms with Crippen molar-refractivity contribution in [1.82, 2.24) is 29.9 Å². The zero-order chi connectivity index (χ0) is 24.7. The molecular weight excluding hydrogens is 492 g/mol. The van der Waals surface area contributed by atoms with Crippen LogP contribution in [0, 0.1) is 0 Å². The van der Waals surface area contributed by atoms with E-state index in [-0.39, 0.29) is 21.7 Å². The van der Waals surface area contributed by atoms with E-state index in [1.54, 1.807) is 37.2 Å². The number of nitrogens with zero attached hydrogens (tertiary/aromatic N) is 6. The van der Waals surface area contributed by atoms with Gasteiger partial charge in [-0.05, 0) is 72.8 Å². The monoisotopic (exact) mass is 516 g/mol. The Morgan fingerprint density at radius 2 is 0.405 bits per heavy atom. The summed E-state index contributed by atoms with van der Waals surface area (Å²) in [5.41, 5.74) is 5.49. The predicted molar refractivity (Wildman–Crippen MR) is 142 cm³/mol. The van der Waals surface area contributed by atoms with Crippen LogP contribution in [-0.2, 0) is 21.7 Å². The molecule has 6 aromatic rings. The average molecular weight is 516 g/mol. The van der Waals surface area contributed by atoms with Gasteiger partial charge in [-0.1, -0.05) is 36.4 Å². The third kappa shape index (κ3) is 8.96. The van der Waals surface area contributed by atoms with Gasteiger partial charge in [0.1, 0.15) is 0 Å². The molecule has 0 fully saturated rings. The van der Waals surface area contributed by atoms with E-state index < -0.39 is 0 Å². The molecule has 37 heavy (non-hydrogen) atoms. The topological polar surface area (TPSA) is 77.3 Å². The Kier molecular flexibility index (Phi) is 11.5. The molecule has 0 N–H and O–H groups in total. The first-order valence-electron chi connectivity index (χ1n) is 11.4. The van der Waals surface area contributed by atoms with Crippen molar-refractivity contribution in [2.24, 2.45) is 0 Å². The standard InChI is InChI=1S/3C10H8N2.Ti/c3*1-3-7-11-9(5-1)10-6-2-4-8-12-10;/h3*1-8H;. The fourth-order valence-electron chi connectivity index (χ4n) is 3.09. The van der Waals surface area contributed by atoms with Gasteiger partial charge in [0.25, 0.3) is 0 Å². The Morgan fingerprint density at radius 1 is 0.243 bits per heavy atom. The van der Waals surface area contributed by atoms with Crippen molar-refractivity contribution in [1.29, 1.82) is 0 Å². The van der Waals surface area contributed by atoms with Crippen LogP contribution in [0.5, 0.6) is 0 Å². The first-order valence-corrected chi connectivity index (χ1v) is 11.4. The number of hydrogen-bond acceptors (Lipinski definition) is 6. The van der Waals surface area contributed by atoms with Gasteiger partial charge in [-0.3, -0.25) is 29.9 Å². The van der Waals surface area contributed by atoms with Crippen molar-refractivity contribution in [3.8, 4) is 34.2 Å². The zero-order valence-electron chi connectivity index (χ0n) is 20.0. The van der Waals surface area contributed by atoms with Crippen LogP contribution in [0.4, 0.5) is 0 Å². The number of aromatic nitrogens is 6. The summed E-state index contributed by atoms with van der Waals surface area (Å²) in [5.74, 6) is 0. The van der Waals surface area contributed by atoms with E-state index in [1.807, 2.05) is 109 Å². The average Bonchev–Trinajstić information content (AvgIpc) is 3.01. The molecule has 0 saturated carbocycles. The fraction of sp³-hybridized carbons (Fsp3) is 0. The molecule has 6 rings (SSSR count). The minimum absolute atomic E-state index is 0. The molecule has 6 heterocycles. The maximum Gasteiger partial charge on any atom is 0.0886 e. The third-order valence-electron chi connectivity index (χ3n) is 4.78. The van der Waals surface area contributed by atoms with Crippen LogP contribution in [0.3, 0.4) is 0 Å². The van der Waals surface area contributed by atoms with E-state index >= 15 is 0 Å². The Morgan fingerprint density at radius 3 is 0.514 bits per heavy atom. The summed E-state index contributed by atoms with van der Waals surface area (Å²) >= 11 is 0. The van der Waals surface area contributed by atoms with Crippen molar-refractivity contribution in [2.75, 3.05) is 0 Å². The van der Waals surface area contributed by atoms with E-state index in [9.17, 15) is 0 Å². The first kappa shape index (κ1) is 27.2. The van der Waals surface area contributed by atoms with E-state index in [4.69, 9.17) is 0 Å². The van der Waals surface area contributed by atoms with Gasteiger partial charge in [-0.2, -0.15) is 0 Å². The molecule has 0 aliphatic heterocycles. The van der Waals surface area contributed by atoms with Gasteiger partial charge in [0.2, 0.25) is 0 Å². The Balaban J connectivity index is 0.000000152. The molecule has 6 nitrogen and oxygen atoms in total. The van der Waals surface area contributed by atoms with Crippen LogP contribution in [0.1, 0.15) is 0 Å². The molecule has 6 aromatic heterocycles. The van der Waals surface area contributed by atoms with Crippen molar-refractivity contribution in [2.45, 2.75) is 0 Å². The summed E-state index contributed by atoms with van der Waals surface area (Å²) in [5, 5.41) is 0. The van der Waals surface area contributed by atoms with Gasteiger partial charge in [0.05, 0.1) is 34.2 Å². The molecule has 0 amide bonds. The molecule has 0 unspecified atom stereocenters.